The fourth-order valence-electron chi connectivity index (χ4n) is 4.58. The minimum absolute atomic E-state index is 0.693. The Morgan fingerprint density at radius 1 is 0.737 bits per heavy atom. The summed E-state index contributed by atoms with van der Waals surface area (Å²) in [7, 11) is 0. The molecule has 0 radical (unpaired) electrons. The highest BCUT2D eigenvalue weighted by Gasteiger charge is 2.14. The molecular weight excluding hydrogens is 532 g/mol. The van der Waals surface area contributed by atoms with Crippen LogP contribution < -0.4 is 0 Å². The maximum atomic E-state index is 4.92. The Kier molecular flexibility index (Phi) is 6.51. The van der Waals surface area contributed by atoms with Crippen molar-refractivity contribution >= 4 is 43.9 Å². The zero-order chi connectivity index (χ0) is 25.9. The molecule has 3 heterocycles. The summed E-state index contributed by atoms with van der Waals surface area (Å²) in [5, 5.41) is 1.12. The molecule has 0 spiro atoms. The second kappa shape index (κ2) is 10.4. The van der Waals surface area contributed by atoms with Crippen molar-refractivity contribution in [1.29, 1.82) is 0 Å². The standard InChI is InChI=1S/C33H23BrN4/c1-2-3-4-8-12-26-22-29(37-33(36-26)24-10-6-5-7-11-24)23-14-17-27(18-15-23)38-30-19-16-25(34)21-28(30)32-31(38)13-9-20-35-32/h2-22H,1H2/b4-3-,12-8?. The Morgan fingerprint density at radius 2 is 1.58 bits per heavy atom. The van der Waals surface area contributed by atoms with Gasteiger partial charge in [0.15, 0.2) is 5.82 Å². The van der Waals surface area contributed by atoms with Gasteiger partial charge in [-0.15, -0.1) is 0 Å². The molecule has 0 saturated heterocycles. The summed E-state index contributed by atoms with van der Waals surface area (Å²) in [6.07, 6.45) is 11.4. The molecule has 38 heavy (non-hydrogen) atoms. The van der Waals surface area contributed by atoms with Crippen molar-refractivity contribution in [1.82, 2.24) is 19.5 Å². The Bertz CT molecular complexity index is 1830. The monoisotopic (exact) mass is 554 g/mol. The first kappa shape index (κ1) is 23.8. The van der Waals surface area contributed by atoms with Crippen LogP contribution in [0, 0.1) is 0 Å². The molecule has 0 aliphatic carbocycles. The predicted molar refractivity (Wildman–Crippen MR) is 161 cm³/mol. The van der Waals surface area contributed by atoms with Gasteiger partial charge < -0.3 is 4.57 Å². The van der Waals surface area contributed by atoms with Crippen LogP contribution in [0.25, 0.3) is 56.3 Å². The van der Waals surface area contributed by atoms with Crippen LogP contribution in [0.2, 0.25) is 0 Å². The first-order chi connectivity index (χ1) is 18.7. The Balaban J connectivity index is 1.45. The summed E-state index contributed by atoms with van der Waals surface area (Å²) in [6, 6.07) is 31.0. The molecule has 0 fully saturated rings. The molecule has 0 aliphatic heterocycles. The molecule has 0 bridgehead atoms. The molecule has 6 rings (SSSR count). The highest BCUT2D eigenvalue weighted by molar-refractivity contribution is 9.10. The largest absolute Gasteiger partial charge is 0.308 e. The number of halogens is 1. The van der Waals surface area contributed by atoms with E-state index in [1.54, 1.807) is 6.08 Å². The Labute approximate surface area is 229 Å². The number of rotatable bonds is 6. The van der Waals surface area contributed by atoms with E-state index in [1.807, 2.05) is 73.0 Å². The molecule has 0 aliphatic rings. The third kappa shape index (κ3) is 4.60. The average Bonchev–Trinajstić information content (AvgIpc) is 3.29. The maximum Gasteiger partial charge on any atom is 0.160 e. The molecule has 182 valence electrons. The molecule has 0 atom stereocenters. The van der Waals surface area contributed by atoms with E-state index >= 15 is 0 Å². The highest BCUT2D eigenvalue weighted by atomic mass is 79.9. The number of hydrogen-bond donors (Lipinski definition) is 0. The molecule has 3 aromatic heterocycles. The summed E-state index contributed by atoms with van der Waals surface area (Å²) < 4.78 is 3.29. The van der Waals surface area contributed by atoms with Crippen molar-refractivity contribution in [2.24, 2.45) is 0 Å². The van der Waals surface area contributed by atoms with Crippen LogP contribution in [0.5, 0.6) is 0 Å². The summed E-state index contributed by atoms with van der Waals surface area (Å²) in [4.78, 5) is 14.4. The average molecular weight is 555 g/mol. The molecule has 3 aromatic carbocycles. The first-order valence-electron chi connectivity index (χ1n) is 12.3. The van der Waals surface area contributed by atoms with Crippen molar-refractivity contribution in [2.75, 3.05) is 0 Å². The molecule has 0 saturated carbocycles. The van der Waals surface area contributed by atoms with Gasteiger partial charge in [-0.1, -0.05) is 89.3 Å². The van der Waals surface area contributed by atoms with Crippen molar-refractivity contribution in [2.45, 2.75) is 0 Å². The van der Waals surface area contributed by atoms with Crippen LogP contribution in [0.4, 0.5) is 0 Å². The molecular formula is C33H23BrN4. The molecule has 0 amide bonds. The van der Waals surface area contributed by atoms with E-state index in [2.05, 4.69) is 80.6 Å². The smallest absolute Gasteiger partial charge is 0.160 e. The summed E-state index contributed by atoms with van der Waals surface area (Å²) in [5.74, 6) is 0.693. The number of fused-ring (bicyclic) bond motifs is 3. The molecule has 6 aromatic rings. The van der Waals surface area contributed by atoms with E-state index in [9.17, 15) is 0 Å². The molecule has 4 nitrogen and oxygen atoms in total. The summed E-state index contributed by atoms with van der Waals surface area (Å²) >= 11 is 3.61. The van der Waals surface area contributed by atoms with E-state index < -0.39 is 0 Å². The lowest BCUT2D eigenvalue weighted by Crippen LogP contribution is -1.96. The number of pyridine rings is 1. The minimum Gasteiger partial charge on any atom is -0.308 e. The summed E-state index contributed by atoms with van der Waals surface area (Å²) in [5.41, 5.74) is 7.94. The van der Waals surface area contributed by atoms with Crippen LogP contribution >= 0.6 is 15.9 Å². The van der Waals surface area contributed by atoms with Crippen molar-refractivity contribution < 1.29 is 0 Å². The quantitative estimate of drug-likeness (QED) is 0.193. The molecule has 5 heteroatoms. The van der Waals surface area contributed by atoms with Gasteiger partial charge in [-0.2, -0.15) is 0 Å². The van der Waals surface area contributed by atoms with Gasteiger partial charge in [-0.25, -0.2) is 9.97 Å². The van der Waals surface area contributed by atoms with E-state index in [0.717, 1.165) is 54.6 Å². The third-order valence-electron chi connectivity index (χ3n) is 6.31. The van der Waals surface area contributed by atoms with E-state index in [4.69, 9.17) is 9.97 Å². The number of hydrogen-bond acceptors (Lipinski definition) is 3. The summed E-state index contributed by atoms with van der Waals surface area (Å²) in [6.45, 7) is 3.72. The molecule has 0 N–H and O–H groups in total. The van der Waals surface area contributed by atoms with Gasteiger partial charge in [0, 0.05) is 32.9 Å². The SMILES string of the molecule is C=C/C=C\C=Cc1cc(-c2ccc(-n3c4ccc(Br)cc4c4ncccc43)cc2)nc(-c2ccccc2)n1. The Morgan fingerprint density at radius 3 is 2.39 bits per heavy atom. The second-order valence-corrected chi connectivity index (χ2v) is 9.68. The lowest BCUT2D eigenvalue weighted by Gasteiger charge is -2.10. The van der Waals surface area contributed by atoms with Crippen molar-refractivity contribution in [3.8, 4) is 28.3 Å². The van der Waals surface area contributed by atoms with E-state index in [1.165, 1.54) is 0 Å². The van der Waals surface area contributed by atoms with Crippen LogP contribution in [0.15, 0.2) is 133 Å². The molecule has 0 unspecified atom stereocenters. The number of allylic oxidation sites excluding steroid dienone is 4. The highest BCUT2D eigenvalue weighted by Crippen LogP contribution is 2.33. The zero-order valence-electron chi connectivity index (χ0n) is 20.5. The zero-order valence-corrected chi connectivity index (χ0v) is 22.1. The number of benzene rings is 3. The van der Waals surface area contributed by atoms with Crippen LogP contribution in [-0.4, -0.2) is 19.5 Å². The Hall–Kier alpha value is -4.61. The van der Waals surface area contributed by atoms with Gasteiger partial charge in [0.1, 0.15) is 0 Å². The maximum absolute atomic E-state index is 4.92. The fourth-order valence-corrected chi connectivity index (χ4v) is 4.94. The lowest BCUT2D eigenvalue weighted by molar-refractivity contribution is 1.16. The van der Waals surface area contributed by atoms with Gasteiger partial charge in [0.2, 0.25) is 0 Å². The minimum atomic E-state index is 0.693. The van der Waals surface area contributed by atoms with Crippen LogP contribution in [-0.2, 0) is 0 Å². The van der Waals surface area contributed by atoms with Gasteiger partial charge in [-0.05, 0) is 54.6 Å². The third-order valence-corrected chi connectivity index (χ3v) is 6.80. The van der Waals surface area contributed by atoms with Crippen molar-refractivity contribution in [3.05, 3.63) is 138 Å². The second-order valence-electron chi connectivity index (χ2n) is 8.76. The normalized spacial score (nSPS) is 11.7. The predicted octanol–water partition coefficient (Wildman–Crippen LogP) is 8.82. The van der Waals surface area contributed by atoms with Gasteiger partial charge >= 0.3 is 0 Å². The number of aromatic nitrogens is 4. The first-order valence-corrected chi connectivity index (χ1v) is 13.1. The lowest BCUT2D eigenvalue weighted by atomic mass is 10.1. The van der Waals surface area contributed by atoms with Crippen LogP contribution in [0.1, 0.15) is 5.69 Å². The van der Waals surface area contributed by atoms with E-state index in [0.29, 0.717) is 5.82 Å². The van der Waals surface area contributed by atoms with Gasteiger partial charge in [-0.3, -0.25) is 4.98 Å². The van der Waals surface area contributed by atoms with Gasteiger partial charge in [0.25, 0.3) is 0 Å². The van der Waals surface area contributed by atoms with Gasteiger partial charge in [0.05, 0.1) is 27.9 Å². The van der Waals surface area contributed by atoms with E-state index in [-0.39, 0.29) is 0 Å². The number of nitrogens with zero attached hydrogens (tertiary/aromatic N) is 4. The fraction of sp³-hybridized carbons (Fsp3) is 0. The van der Waals surface area contributed by atoms with Crippen molar-refractivity contribution in [3.63, 3.8) is 0 Å². The van der Waals surface area contributed by atoms with Crippen LogP contribution in [0.3, 0.4) is 0 Å². The topological polar surface area (TPSA) is 43.6 Å².